The quantitative estimate of drug-likeness (QED) is 0.593. The number of nitrogens with one attached hydrogen (secondary N) is 1. The van der Waals surface area contributed by atoms with Crippen LogP contribution >= 0.6 is 0 Å². The van der Waals surface area contributed by atoms with E-state index in [9.17, 15) is 4.79 Å². The predicted octanol–water partition coefficient (Wildman–Crippen LogP) is 2.28. The maximum absolute atomic E-state index is 12.3. The van der Waals surface area contributed by atoms with E-state index in [1.165, 1.54) is 0 Å². The van der Waals surface area contributed by atoms with Gasteiger partial charge in [-0.15, -0.1) is 0 Å². The van der Waals surface area contributed by atoms with Crippen LogP contribution in [0.5, 0.6) is 0 Å². The minimum Gasteiger partial charge on any atom is -0.465 e. The molecular formula is C16H31NO4. The highest BCUT2D eigenvalue weighted by molar-refractivity contribution is 5.80. The zero-order valence-corrected chi connectivity index (χ0v) is 14.1. The SMILES string of the molecule is CCOCC(C)OC(C)CC(C)(NC1CC1)C(=O)OCC. The Labute approximate surface area is 128 Å². The van der Waals surface area contributed by atoms with Crippen molar-refractivity contribution in [1.29, 1.82) is 0 Å². The predicted molar refractivity (Wildman–Crippen MR) is 82.3 cm³/mol. The molecule has 3 unspecified atom stereocenters. The molecule has 3 atom stereocenters. The van der Waals surface area contributed by atoms with Crippen LogP contribution < -0.4 is 5.32 Å². The average Bonchev–Trinajstić information content (AvgIpc) is 3.19. The van der Waals surface area contributed by atoms with Crippen LogP contribution in [-0.4, -0.2) is 49.6 Å². The van der Waals surface area contributed by atoms with Crippen LogP contribution in [0.1, 0.15) is 53.9 Å². The summed E-state index contributed by atoms with van der Waals surface area (Å²) < 4.78 is 16.5. The highest BCUT2D eigenvalue weighted by Crippen LogP contribution is 2.26. The molecule has 1 rings (SSSR count). The molecule has 1 N–H and O–H groups in total. The Morgan fingerprint density at radius 1 is 1.24 bits per heavy atom. The highest BCUT2D eigenvalue weighted by atomic mass is 16.5. The summed E-state index contributed by atoms with van der Waals surface area (Å²) in [6, 6.07) is 0.437. The van der Waals surface area contributed by atoms with E-state index in [-0.39, 0.29) is 18.2 Å². The second kappa shape index (κ2) is 8.71. The fourth-order valence-electron chi connectivity index (χ4n) is 2.51. The molecule has 1 saturated carbocycles. The minimum atomic E-state index is -0.679. The third-order valence-electron chi connectivity index (χ3n) is 3.54. The molecule has 124 valence electrons. The number of hydrogen-bond donors (Lipinski definition) is 1. The van der Waals surface area contributed by atoms with Crippen LogP contribution in [0.15, 0.2) is 0 Å². The van der Waals surface area contributed by atoms with Crippen LogP contribution in [0.2, 0.25) is 0 Å². The molecule has 0 amide bonds. The average molecular weight is 301 g/mol. The van der Waals surface area contributed by atoms with Crippen LogP contribution in [0.3, 0.4) is 0 Å². The summed E-state index contributed by atoms with van der Waals surface area (Å²) >= 11 is 0. The van der Waals surface area contributed by atoms with Crippen molar-refractivity contribution in [3.05, 3.63) is 0 Å². The summed E-state index contributed by atoms with van der Waals surface area (Å²) in [5.74, 6) is -0.190. The molecule has 5 heteroatoms. The van der Waals surface area contributed by atoms with Crippen LogP contribution in [0.25, 0.3) is 0 Å². The van der Waals surface area contributed by atoms with Gasteiger partial charge in [-0.25, -0.2) is 0 Å². The summed E-state index contributed by atoms with van der Waals surface area (Å²) in [6.45, 7) is 11.4. The maximum Gasteiger partial charge on any atom is 0.326 e. The molecule has 0 saturated heterocycles. The fraction of sp³-hybridized carbons (Fsp3) is 0.938. The lowest BCUT2D eigenvalue weighted by Gasteiger charge is -2.32. The van der Waals surface area contributed by atoms with Crippen molar-refractivity contribution < 1.29 is 19.0 Å². The van der Waals surface area contributed by atoms with Gasteiger partial charge in [-0.05, 0) is 47.5 Å². The van der Waals surface area contributed by atoms with Crippen LogP contribution in [0, 0.1) is 0 Å². The smallest absolute Gasteiger partial charge is 0.326 e. The first-order valence-electron chi connectivity index (χ1n) is 8.09. The Morgan fingerprint density at radius 3 is 2.43 bits per heavy atom. The fourth-order valence-corrected chi connectivity index (χ4v) is 2.51. The summed E-state index contributed by atoms with van der Waals surface area (Å²) in [5.41, 5.74) is -0.679. The lowest BCUT2D eigenvalue weighted by Crippen LogP contribution is -2.53. The van der Waals surface area contributed by atoms with Gasteiger partial charge in [0.1, 0.15) is 5.54 Å². The molecule has 0 spiro atoms. The molecule has 0 aromatic rings. The number of carbonyl (C=O) groups is 1. The monoisotopic (exact) mass is 301 g/mol. The Balaban J connectivity index is 2.52. The van der Waals surface area contributed by atoms with E-state index in [2.05, 4.69) is 5.32 Å². The normalized spacial score (nSPS) is 20.6. The van der Waals surface area contributed by atoms with Crippen molar-refractivity contribution in [3.63, 3.8) is 0 Å². The van der Waals surface area contributed by atoms with E-state index in [0.29, 0.717) is 32.3 Å². The second-order valence-electron chi connectivity index (χ2n) is 6.09. The van der Waals surface area contributed by atoms with E-state index in [1.807, 2.05) is 34.6 Å². The van der Waals surface area contributed by atoms with E-state index < -0.39 is 5.54 Å². The van der Waals surface area contributed by atoms with Gasteiger partial charge < -0.3 is 14.2 Å². The Hall–Kier alpha value is -0.650. The van der Waals surface area contributed by atoms with Crippen LogP contribution in [-0.2, 0) is 19.0 Å². The molecule has 21 heavy (non-hydrogen) atoms. The molecule has 0 heterocycles. The lowest BCUT2D eigenvalue weighted by molar-refractivity contribution is -0.153. The number of hydrogen-bond acceptors (Lipinski definition) is 5. The molecule has 0 radical (unpaired) electrons. The molecule has 1 aliphatic carbocycles. The summed E-state index contributed by atoms with van der Waals surface area (Å²) in [5, 5.41) is 3.41. The largest absolute Gasteiger partial charge is 0.465 e. The number of carbonyl (C=O) groups excluding carboxylic acids is 1. The van der Waals surface area contributed by atoms with E-state index in [0.717, 1.165) is 12.8 Å². The van der Waals surface area contributed by atoms with Gasteiger partial charge in [-0.3, -0.25) is 10.1 Å². The van der Waals surface area contributed by atoms with Gasteiger partial charge in [0.2, 0.25) is 0 Å². The van der Waals surface area contributed by atoms with Gasteiger partial charge in [0, 0.05) is 19.1 Å². The van der Waals surface area contributed by atoms with Gasteiger partial charge in [0.15, 0.2) is 0 Å². The second-order valence-corrected chi connectivity index (χ2v) is 6.09. The summed E-state index contributed by atoms with van der Waals surface area (Å²) in [4.78, 5) is 12.3. The van der Waals surface area contributed by atoms with Crippen molar-refractivity contribution in [2.75, 3.05) is 19.8 Å². The molecule has 0 bridgehead atoms. The molecule has 1 fully saturated rings. The van der Waals surface area contributed by atoms with Crippen molar-refractivity contribution in [2.24, 2.45) is 0 Å². The summed E-state index contributed by atoms with van der Waals surface area (Å²) in [6.07, 6.45) is 2.84. The first-order chi connectivity index (χ1) is 9.91. The number of esters is 1. The van der Waals surface area contributed by atoms with E-state index >= 15 is 0 Å². The molecule has 5 nitrogen and oxygen atoms in total. The Kier molecular flexibility index (Phi) is 7.63. The van der Waals surface area contributed by atoms with Gasteiger partial charge in [0.05, 0.1) is 25.4 Å². The molecule has 0 aliphatic heterocycles. The van der Waals surface area contributed by atoms with Gasteiger partial charge in [-0.1, -0.05) is 0 Å². The minimum absolute atomic E-state index is 0.0207. The van der Waals surface area contributed by atoms with Crippen molar-refractivity contribution in [2.45, 2.75) is 77.7 Å². The Bertz CT molecular complexity index is 319. The molecule has 0 aromatic carbocycles. The Morgan fingerprint density at radius 2 is 1.90 bits per heavy atom. The summed E-state index contributed by atoms with van der Waals surface area (Å²) in [7, 11) is 0. The number of ether oxygens (including phenoxy) is 3. The van der Waals surface area contributed by atoms with Crippen LogP contribution in [0.4, 0.5) is 0 Å². The zero-order valence-electron chi connectivity index (χ0n) is 14.1. The van der Waals surface area contributed by atoms with Crippen molar-refractivity contribution >= 4 is 5.97 Å². The van der Waals surface area contributed by atoms with E-state index in [4.69, 9.17) is 14.2 Å². The first kappa shape index (κ1) is 18.4. The third kappa shape index (κ3) is 6.76. The first-order valence-corrected chi connectivity index (χ1v) is 8.09. The maximum atomic E-state index is 12.3. The van der Waals surface area contributed by atoms with Crippen molar-refractivity contribution in [3.8, 4) is 0 Å². The number of rotatable bonds is 11. The highest BCUT2D eigenvalue weighted by Gasteiger charge is 2.41. The molecule has 0 aromatic heterocycles. The topological polar surface area (TPSA) is 56.8 Å². The standard InChI is InChI=1S/C16H31NO4/c1-6-19-11-13(4)21-12(3)10-16(5,15(18)20-7-2)17-14-8-9-14/h12-14,17H,6-11H2,1-5H3. The van der Waals surface area contributed by atoms with Crippen molar-refractivity contribution in [1.82, 2.24) is 5.32 Å². The van der Waals surface area contributed by atoms with Gasteiger partial charge in [0.25, 0.3) is 0 Å². The molecular weight excluding hydrogens is 270 g/mol. The van der Waals surface area contributed by atoms with E-state index in [1.54, 1.807) is 0 Å². The third-order valence-corrected chi connectivity index (χ3v) is 3.54. The van der Waals surface area contributed by atoms with Gasteiger partial charge in [-0.2, -0.15) is 0 Å². The zero-order chi connectivity index (χ0) is 15.9. The molecule has 1 aliphatic rings. The van der Waals surface area contributed by atoms with Gasteiger partial charge >= 0.3 is 5.97 Å². The lowest BCUT2D eigenvalue weighted by atomic mass is 9.94.